The molecule has 8 heteroatoms. The van der Waals surface area contributed by atoms with Gasteiger partial charge in [-0.15, -0.1) is 0 Å². The molecule has 120 valence electrons. The Kier molecular flexibility index (Phi) is 5.41. The molecule has 2 rings (SSSR count). The van der Waals surface area contributed by atoms with Crippen molar-refractivity contribution in [2.45, 2.75) is 0 Å². The Bertz CT molecular complexity index is 735. The lowest BCUT2D eigenvalue weighted by molar-refractivity contribution is 0.102. The highest BCUT2D eigenvalue weighted by Crippen LogP contribution is 2.21. The van der Waals surface area contributed by atoms with Crippen LogP contribution >= 0.6 is 23.2 Å². The first kappa shape index (κ1) is 17.1. The van der Waals surface area contributed by atoms with Gasteiger partial charge in [0, 0.05) is 24.6 Å². The molecular weight excluding hydrogens is 341 g/mol. The highest BCUT2D eigenvalue weighted by atomic mass is 35.5. The molecule has 0 aliphatic carbocycles. The van der Waals surface area contributed by atoms with E-state index in [4.69, 9.17) is 23.2 Å². The zero-order valence-electron chi connectivity index (χ0n) is 12.3. The van der Waals surface area contributed by atoms with Crippen molar-refractivity contribution in [3.8, 4) is 0 Å². The van der Waals surface area contributed by atoms with E-state index in [1.807, 2.05) is 0 Å². The second-order valence-electron chi connectivity index (χ2n) is 4.53. The number of methoxy groups -OCH3 is 1. The Labute approximate surface area is 143 Å². The predicted molar refractivity (Wildman–Crippen MR) is 89.5 cm³/mol. The normalized spacial score (nSPS) is 10.1. The van der Waals surface area contributed by atoms with Crippen molar-refractivity contribution < 1.29 is 14.3 Å². The van der Waals surface area contributed by atoms with Crippen molar-refractivity contribution in [1.82, 2.24) is 4.98 Å². The number of carbonyl (C=O) groups is 2. The van der Waals surface area contributed by atoms with Crippen LogP contribution in [0.1, 0.15) is 10.4 Å². The molecule has 1 aromatic heterocycles. The van der Waals surface area contributed by atoms with Gasteiger partial charge in [0.05, 0.1) is 17.7 Å². The van der Waals surface area contributed by atoms with Crippen LogP contribution in [-0.2, 0) is 4.74 Å². The molecule has 0 saturated carbocycles. The van der Waals surface area contributed by atoms with Crippen molar-refractivity contribution in [1.29, 1.82) is 0 Å². The molecule has 0 aliphatic rings. The average Bonchev–Trinajstić information content (AvgIpc) is 2.56. The number of halogens is 2. The van der Waals surface area contributed by atoms with E-state index < -0.39 is 6.09 Å². The van der Waals surface area contributed by atoms with Gasteiger partial charge in [-0.2, -0.15) is 0 Å². The van der Waals surface area contributed by atoms with E-state index in [0.29, 0.717) is 11.4 Å². The standard InChI is InChI=1S/C15H13Cl2N3O3/c1-20(15(22)23-2)11-5-3-10(4-6-11)19-14(21)9-7-12(16)13(17)18-8-9/h3-8H,1-2H3,(H,19,21). The van der Waals surface area contributed by atoms with E-state index >= 15 is 0 Å². The Hall–Kier alpha value is -2.31. The van der Waals surface area contributed by atoms with Gasteiger partial charge < -0.3 is 10.1 Å². The van der Waals surface area contributed by atoms with Crippen LogP contribution in [0.4, 0.5) is 16.2 Å². The van der Waals surface area contributed by atoms with E-state index in [1.54, 1.807) is 31.3 Å². The monoisotopic (exact) mass is 353 g/mol. The highest BCUT2D eigenvalue weighted by molar-refractivity contribution is 6.41. The van der Waals surface area contributed by atoms with Gasteiger partial charge in [-0.3, -0.25) is 9.69 Å². The Balaban J connectivity index is 2.10. The number of carbonyl (C=O) groups excluding carboxylic acids is 2. The lowest BCUT2D eigenvalue weighted by Crippen LogP contribution is -2.25. The van der Waals surface area contributed by atoms with Crippen molar-refractivity contribution in [3.63, 3.8) is 0 Å². The molecule has 23 heavy (non-hydrogen) atoms. The lowest BCUT2D eigenvalue weighted by atomic mass is 10.2. The van der Waals surface area contributed by atoms with Crippen LogP contribution in [0, 0.1) is 0 Å². The fourth-order valence-electron chi connectivity index (χ4n) is 1.76. The Morgan fingerprint density at radius 2 is 1.87 bits per heavy atom. The van der Waals surface area contributed by atoms with Gasteiger partial charge in [0.2, 0.25) is 0 Å². The zero-order chi connectivity index (χ0) is 17.0. The topological polar surface area (TPSA) is 71.5 Å². The van der Waals surface area contributed by atoms with E-state index in [-0.39, 0.29) is 21.6 Å². The smallest absolute Gasteiger partial charge is 0.413 e. The summed E-state index contributed by atoms with van der Waals surface area (Å²) in [6.07, 6.45) is 0.854. The van der Waals surface area contributed by atoms with Crippen molar-refractivity contribution >= 4 is 46.6 Å². The van der Waals surface area contributed by atoms with Crippen LogP contribution in [0.2, 0.25) is 10.2 Å². The number of hydrogen-bond acceptors (Lipinski definition) is 4. The first-order valence-electron chi connectivity index (χ1n) is 6.46. The van der Waals surface area contributed by atoms with Crippen LogP contribution in [0.5, 0.6) is 0 Å². The van der Waals surface area contributed by atoms with E-state index in [2.05, 4.69) is 15.0 Å². The number of nitrogens with zero attached hydrogens (tertiary/aromatic N) is 2. The molecule has 0 saturated heterocycles. The quantitative estimate of drug-likeness (QED) is 0.850. The number of aromatic nitrogens is 1. The SMILES string of the molecule is COC(=O)N(C)c1ccc(NC(=O)c2cnc(Cl)c(Cl)c2)cc1. The Morgan fingerprint density at radius 3 is 2.43 bits per heavy atom. The van der Waals surface area contributed by atoms with Gasteiger partial charge >= 0.3 is 6.09 Å². The summed E-state index contributed by atoms with van der Waals surface area (Å²) in [5, 5.41) is 3.04. The van der Waals surface area contributed by atoms with Gasteiger partial charge in [0.15, 0.2) is 0 Å². The molecule has 0 fully saturated rings. The van der Waals surface area contributed by atoms with Crippen LogP contribution in [0.25, 0.3) is 0 Å². The second-order valence-corrected chi connectivity index (χ2v) is 5.29. The summed E-state index contributed by atoms with van der Waals surface area (Å²) in [7, 11) is 2.89. The average molecular weight is 354 g/mol. The van der Waals surface area contributed by atoms with Crippen LogP contribution in [0.15, 0.2) is 36.5 Å². The third-order valence-corrected chi connectivity index (χ3v) is 3.71. The molecule has 6 nitrogen and oxygen atoms in total. The van der Waals surface area contributed by atoms with E-state index in [1.165, 1.54) is 24.3 Å². The minimum atomic E-state index is -0.483. The molecule has 1 N–H and O–H groups in total. The maximum Gasteiger partial charge on any atom is 0.413 e. The number of hydrogen-bond donors (Lipinski definition) is 1. The molecule has 2 aromatic rings. The summed E-state index contributed by atoms with van der Waals surface area (Å²) in [4.78, 5) is 28.7. The van der Waals surface area contributed by atoms with Crippen molar-refractivity contribution in [2.24, 2.45) is 0 Å². The predicted octanol–water partition coefficient (Wildman–Crippen LogP) is 3.84. The number of nitrogens with one attached hydrogen (secondary N) is 1. The number of amides is 2. The van der Waals surface area contributed by atoms with E-state index in [0.717, 1.165) is 0 Å². The molecule has 0 atom stereocenters. The molecule has 0 radical (unpaired) electrons. The fraction of sp³-hybridized carbons (Fsp3) is 0.133. The summed E-state index contributed by atoms with van der Waals surface area (Å²) in [6, 6.07) is 8.13. The fourth-order valence-corrected chi connectivity index (χ4v) is 2.03. The summed E-state index contributed by atoms with van der Waals surface area (Å²) in [6.45, 7) is 0. The molecule has 1 heterocycles. The van der Waals surface area contributed by atoms with Crippen molar-refractivity contribution in [2.75, 3.05) is 24.4 Å². The molecule has 0 unspecified atom stereocenters. The van der Waals surface area contributed by atoms with Gasteiger partial charge in [-0.1, -0.05) is 23.2 Å². The molecule has 0 spiro atoms. The second kappa shape index (κ2) is 7.30. The minimum absolute atomic E-state index is 0.137. The minimum Gasteiger partial charge on any atom is -0.452 e. The molecule has 0 aliphatic heterocycles. The zero-order valence-corrected chi connectivity index (χ0v) is 13.9. The molecule has 0 bridgehead atoms. The van der Waals surface area contributed by atoms with Crippen LogP contribution < -0.4 is 10.2 Å². The summed E-state index contributed by atoms with van der Waals surface area (Å²) >= 11 is 11.5. The number of rotatable bonds is 3. The Morgan fingerprint density at radius 1 is 1.22 bits per heavy atom. The first-order valence-corrected chi connectivity index (χ1v) is 7.22. The number of anilines is 2. The number of benzene rings is 1. The molecule has 2 amide bonds. The molecule has 1 aromatic carbocycles. The van der Waals surface area contributed by atoms with E-state index in [9.17, 15) is 9.59 Å². The lowest BCUT2D eigenvalue weighted by Gasteiger charge is -2.16. The summed E-state index contributed by atoms with van der Waals surface area (Å²) in [5.41, 5.74) is 1.48. The highest BCUT2D eigenvalue weighted by Gasteiger charge is 2.12. The van der Waals surface area contributed by atoms with Crippen molar-refractivity contribution in [3.05, 3.63) is 52.3 Å². The van der Waals surface area contributed by atoms with Gasteiger partial charge in [0.1, 0.15) is 5.15 Å². The van der Waals surface area contributed by atoms with Crippen LogP contribution in [0.3, 0.4) is 0 Å². The van der Waals surface area contributed by atoms with Crippen LogP contribution in [-0.4, -0.2) is 31.1 Å². The maximum atomic E-state index is 12.1. The molecular formula is C15H13Cl2N3O3. The largest absolute Gasteiger partial charge is 0.452 e. The summed E-state index contributed by atoms with van der Waals surface area (Å²) < 4.78 is 4.63. The summed E-state index contributed by atoms with van der Waals surface area (Å²) in [5.74, 6) is -0.370. The maximum absolute atomic E-state index is 12.1. The van der Waals surface area contributed by atoms with Gasteiger partial charge in [0.25, 0.3) is 5.91 Å². The van der Waals surface area contributed by atoms with Gasteiger partial charge in [-0.25, -0.2) is 9.78 Å². The van der Waals surface area contributed by atoms with Gasteiger partial charge in [-0.05, 0) is 30.3 Å². The first-order chi connectivity index (χ1) is 10.9. The number of pyridine rings is 1. The number of ether oxygens (including phenoxy) is 1. The third-order valence-electron chi connectivity index (χ3n) is 3.02. The third kappa shape index (κ3) is 4.12.